The van der Waals surface area contributed by atoms with Gasteiger partial charge in [-0.1, -0.05) is 5.16 Å². The zero-order valence-electron chi connectivity index (χ0n) is 10.5. The van der Waals surface area contributed by atoms with Crippen molar-refractivity contribution < 1.29 is 18.0 Å². The van der Waals surface area contributed by atoms with Crippen LogP contribution in [0.4, 0.5) is 14.6 Å². The van der Waals surface area contributed by atoms with Crippen molar-refractivity contribution in [3.8, 4) is 11.1 Å². The molecule has 0 saturated heterocycles. The van der Waals surface area contributed by atoms with Gasteiger partial charge < -0.3 is 15.0 Å². The van der Waals surface area contributed by atoms with E-state index >= 15 is 0 Å². The van der Waals surface area contributed by atoms with Crippen LogP contribution >= 0.6 is 0 Å². The van der Waals surface area contributed by atoms with Crippen molar-refractivity contribution in [3.05, 3.63) is 35.6 Å². The molecule has 6 heteroatoms. The lowest BCUT2D eigenvalue weighted by atomic mass is 10.0. The normalized spacial score (nSPS) is 10.9. The maximum absolute atomic E-state index is 13.8. The minimum Gasteiger partial charge on any atom is -0.381 e. The molecule has 1 aromatic heterocycles. The van der Waals surface area contributed by atoms with Gasteiger partial charge in [0.1, 0.15) is 17.4 Å². The van der Waals surface area contributed by atoms with Crippen LogP contribution in [0, 0.1) is 11.6 Å². The third-order valence-electron chi connectivity index (χ3n) is 2.67. The second kappa shape index (κ2) is 5.79. The molecule has 0 spiro atoms. The van der Waals surface area contributed by atoms with Crippen LogP contribution in [0.3, 0.4) is 0 Å². The third-order valence-corrected chi connectivity index (χ3v) is 2.67. The summed E-state index contributed by atoms with van der Waals surface area (Å²) in [5.74, 6) is -0.840. The number of nitrogens with zero attached hydrogens (tertiary/aromatic N) is 1. The first-order chi connectivity index (χ1) is 9.13. The largest absolute Gasteiger partial charge is 0.381 e. The second-order valence-corrected chi connectivity index (χ2v) is 3.94. The Kier molecular flexibility index (Phi) is 4.11. The molecule has 0 aliphatic carbocycles. The Morgan fingerprint density at radius 2 is 2.16 bits per heavy atom. The Hall–Kier alpha value is -1.95. The Morgan fingerprint density at radius 1 is 1.37 bits per heavy atom. The van der Waals surface area contributed by atoms with Crippen molar-refractivity contribution in [2.75, 3.05) is 18.9 Å². The predicted octanol–water partition coefficient (Wildman–Crippen LogP) is 2.78. The fourth-order valence-electron chi connectivity index (χ4n) is 1.80. The first-order valence-corrected chi connectivity index (χ1v) is 5.90. The molecule has 4 nitrogen and oxygen atoms in total. The molecule has 0 unspecified atom stereocenters. The number of hydrogen-bond acceptors (Lipinski definition) is 4. The molecule has 19 heavy (non-hydrogen) atoms. The van der Waals surface area contributed by atoms with E-state index in [0.717, 1.165) is 12.1 Å². The van der Waals surface area contributed by atoms with Gasteiger partial charge in [0.05, 0.1) is 12.2 Å². The first kappa shape index (κ1) is 13.5. The summed E-state index contributed by atoms with van der Waals surface area (Å²) in [5, 5.41) is 3.62. The van der Waals surface area contributed by atoms with E-state index in [4.69, 9.17) is 15.0 Å². The van der Waals surface area contributed by atoms with E-state index in [1.54, 1.807) is 0 Å². The molecule has 0 aliphatic heterocycles. The quantitative estimate of drug-likeness (QED) is 0.847. The van der Waals surface area contributed by atoms with E-state index in [1.807, 2.05) is 6.92 Å². The highest BCUT2D eigenvalue weighted by Gasteiger charge is 2.19. The monoisotopic (exact) mass is 268 g/mol. The van der Waals surface area contributed by atoms with E-state index in [0.29, 0.717) is 31.0 Å². The van der Waals surface area contributed by atoms with Crippen LogP contribution in [0.25, 0.3) is 11.1 Å². The van der Waals surface area contributed by atoms with Crippen molar-refractivity contribution in [2.45, 2.75) is 13.3 Å². The summed E-state index contributed by atoms with van der Waals surface area (Å²) in [5.41, 5.74) is 6.21. The summed E-state index contributed by atoms with van der Waals surface area (Å²) in [6, 6.07) is 3.28. The van der Waals surface area contributed by atoms with Crippen LogP contribution in [0.15, 0.2) is 22.7 Å². The molecule has 1 heterocycles. The SMILES string of the molecule is CCOCCc1onc(N)c1-c1ccc(F)cc1F. The Labute approximate surface area is 109 Å². The zero-order valence-corrected chi connectivity index (χ0v) is 10.5. The second-order valence-electron chi connectivity index (χ2n) is 3.94. The summed E-state index contributed by atoms with van der Waals surface area (Å²) in [7, 11) is 0. The molecular formula is C13H14F2N2O2. The number of benzene rings is 1. The van der Waals surface area contributed by atoms with Crippen molar-refractivity contribution in [1.82, 2.24) is 5.16 Å². The van der Waals surface area contributed by atoms with Gasteiger partial charge in [-0.15, -0.1) is 0 Å². The van der Waals surface area contributed by atoms with Gasteiger partial charge in [-0.05, 0) is 19.1 Å². The Balaban J connectivity index is 2.35. The highest BCUT2D eigenvalue weighted by atomic mass is 19.1. The van der Waals surface area contributed by atoms with Gasteiger partial charge in [0.15, 0.2) is 5.82 Å². The maximum atomic E-state index is 13.8. The highest BCUT2D eigenvalue weighted by molar-refractivity contribution is 5.75. The molecule has 2 rings (SSSR count). The molecule has 2 N–H and O–H groups in total. The molecule has 0 saturated carbocycles. The van der Waals surface area contributed by atoms with E-state index in [-0.39, 0.29) is 11.4 Å². The smallest absolute Gasteiger partial charge is 0.175 e. The average Bonchev–Trinajstić information content (AvgIpc) is 2.72. The number of anilines is 1. The fourth-order valence-corrected chi connectivity index (χ4v) is 1.80. The molecule has 0 bridgehead atoms. The summed E-state index contributed by atoms with van der Waals surface area (Å²) in [6.07, 6.45) is 0.421. The van der Waals surface area contributed by atoms with Gasteiger partial charge in [0.2, 0.25) is 0 Å². The lowest BCUT2D eigenvalue weighted by molar-refractivity contribution is 0.145. The van der Waals surface area contributed by atoms with Crippen LogP contribution < -0.4 is 5.73 Å². The number of hydrogen-bond donors (Lipinski definition) is 1. The summed E-state index contributed by atoms with van der Waals surface area (Å²) in [6.45, 7) is 2.86. The number of ether oxygens (including phenoxy) is 1. The molecule has 0 amide bonds. The molecular weight excluding hydrogens is 254 g/mol. The number of nitrogens with two attached hydrogens (primary N) is 1. The number of rotatable bonds is 5. The van der Waals surface area contributed by atoms with Crippen molar-refractivity contribution in [1.29, 1.82) is 0 Å². The Bertz CT molecular complexity index is 570. The fraction of sp³-hybridized carbons (Fsp3) is 0.308. The minimum absolute atomic E-state index is 0.0806. The topological polar surface area (TPSA) is 61.3 Å². The number of aromatic nitrogens is 1. The average molecular weight is 268 g/mol. The summed E-state index contributed by atoms with van der Waals surface area (Å²) >= 11 is 0. The standard InChI is InChI=1S/C13H14F2N2O2/c1-2-18-6-5-11-12(13(16)17-19-11)9-4-3-8(14)7-10(9)15/h3-4,7H,2,5-6H2,1H3,(H2,16,17). The lowest BCUT2D eigenvalue weighted by Crippen LogP contribution is -1.99. The van der Waals surface area contributed by atoms with Gasteiger partial charge in [-0.3, -0.25) is 0 Å². The van der Waals surface area contributed by atoms with Crippen LogP contribution in [-0.4, -0.2) is 18.4 Å². The predicted molar refractivity (Wildman–Crippen MR) is 66.5 cm³/mol. The van der Waals surface area contributed by atoms with Crippen LogP contribution in [0.1, 0.15) is 12.7 Å². The lowest BCUT2D eigenvalue weighted by Gasteiger charge is -2.04. The molecule has 2 aromatic rings. The van der Waals surface area contributed by atoms with Gasteiger partial charge in [0.25, 0.3) is 0 Å². The Morgan fingerprint density at radius 3 is 2.84 bits per heavy atom. The van der Waals surface area contributed by atoms with Gasteiger partial charge in [0, 0.05) is 24.7 Å². The van der Waals surface area contributed by atoms with Crippen molar-refractivity contribution in [3.63, 3.8) is 0 Å². The molecule has 1 aromatic carbocycles. The van der Waals surface area contributed by atoms with E-state index < -0.39 is 11.6 Å². The van der Waals surface area contributed by atoms with E-state index in [2.05, 4.69) is 5.16 Å². The van der Waals surface area contributed by atoms with Gasteiger partial charge in [-0.2, -0.15) is 0 Å². The maximum Gasteiger partial charge on any atom is 0.175 e. The van der Waals surface area contributed by atoms with E-state index in [1.165, 1.54) is 6.07 Å². The van der Waals surface area contributed by atoms with Crippen LogP contribution in [0.2, 0.25) is 0 Å². The number of nitrogen functional groups attached to an aromatic ring is 1. The molecule has 0 fully saturated rings. The van der Waals surface area contributed by atoms with Gasteiger partial charge >= 0.3 is 0 Å². The van der Waals surface area contributed by atoms with Crippen molar-refractivity contribution in [2.24, 2.45) is 0 Å². The molecule has 102 valence electrons. The van der Waals surface area contributed by atoms with Gasteiger partial charge in [-0.25, -0.2) is 8.78 Å². The highest BCUT2D eigenvalue weighted by Crippen LogP contribution is 2.32. The molecule has 0 atom stereocenters. The minimum atomic E-state index is -0.701. The van der Waals surface area contributed by atoms with E-state index in [9.17, 15) is 8.78 Å². The molecule has 0 aliphatic rings. The third kappa shape index (κ3) is 2.90. The number of halogens is 2. The summed E-state index contributed by atoms with van der Waals surface area (Å²) < 4.78 is 36.9. The summed E-state index contributed by atoms with van der Waals surface area (Å²) in [4.78, 5) is 0. The first-order valence-electron chi connectivity index (χ1n) is 5.90. The van der Waals surface area contributed by atoms with Crippen molar-refractivity contribution >= 4 is 5.82 Å². The van der Waals surface area contributed by atoms with Crippen LogP contribution in [0.5, 0.6) is 0 Å². The zero-order chi connectivity index (χ0) is 13.8. The molecule has 0 radical (unpaired) electrons. The van der Waals surface area contributed by atoms with Crippen LogP contribution in [-0.2, 0) is 11.2 Å².